The highest BCUT2D eigenvalue weighted by atomic mass is 16.2. The van der Waals surface area contributed by atoms with E-state index in [9.17, 15) is 4.79 Å². The maximum absolute atomic E-state index is 11.9. The molecule has 80 valence electrons. The van der Waals surface area contributed by atoms with Gasteiger partial charge >= 0.3 is 0 Å². The molecule has 1 aliphatic heterocycles. The highest BCUT2D eigenvalue weighted by Gasteiger charge is 2.30. The van der Waals surface area contributed by atoms with Gasteiger partial charge in [-0.3, -0.25) is 4.79 Å². The first-order chi connectivity index (χ1) is 7.22. The molecule has 2 rings (SSSR count). The van der Waals surface area contributed by atoms with Crippen molar-refractivity contribution in [3.05, 3.63) is 29.8 Å². The second-order valence-electron chi connectivity index (χ2n) is 3.96. The molecule has 3 heteroatoms. The molecular formula is C12H16N2O. The molecule has 1 aromatic carbocycles. The fourth-order valence-electron chi connectivity index (χ4n) is 2.00. The number of likely N-dealkylation sites (N-methyl/N-ethyl adjacent to an activating group) is 1. The molecule has 0 radical (unpaired) electrons. The molecule has 0 aliphatic carbocycles. The van der Waals surface area contributed by atoms with E-state index in [1.165, 1.54) is 5.56 Å². The topological polar surface area (TPSA) is 32.3 Å². The van der Waals surface area contributed by atoms with Crippen LogP contribution in [0.4, 0.5) is 5.69 Å². The molecule has 1 saturated heterocycles. The van der Waals surface area contributed by atoms with Crippen LogP contribution in [0.1, 0.15) is 12.0 Å². The van der Waals surface area contributed by atoms with Gasteiger partial charge in [-0.25, -0.2) is 0 Å². The van der Waals surface area contributed by atoms with Crippen molar-refractivity contribution in [3.8, 4) is 0 Å². The van der Waals surface area contributed by atoms with Gasteiger partial charge in [0.15, 0.2) is 0 Å². The van der Waals surface area contributed by atoms with Crippen LogP contribution in [0.15, 0.2) is 24.3 Å². The molecule has 1 fully saturated rings. The van der Waals surface area contributed by atoms with Crippen LogP contribution in [0, 0.1) is 6.92 Å². The van der Waals surface area contributed by atoms with Crippen molar-refractivity contribution in [3.63, 3.8) is 0 Å². The van der Waals surface area contributed by atoms with Crippen molar-refractivity contribution in [1.82, 2.24) is 5.32 Å². The van der Waals surface area contributed by atoms with E-state index in [2.05, 4.69) is 11.4 Å². The third kappa shape index (κ3) is 1.88. The first-order valence-corrected chi connectivity index (χ1v) is 5.27. The van der Waals surface area contributed by atoms with Crippen molar-refractivity contribution >= 4 is 11.6 Å². The Labute approximate surface area is 90.1 Å². The van der Waals surface area contributed by atoms with Crippen LogP contribution in [0.5, 0.6) is 0 Å². The summed E-state index contributed by atoms with van der Waals surface area (Å²) in [6.07, 6.45) is 0.892. The molecule has 0 bridgehead atoms. The van der Waals surface area contributed by atoms with E-state index in [1.54, 1.807) is 0 Å². The third-order valence-electron chi connectivity index (χ3n) is 2.87. The molecule has 0 aromatic heterocycles. The number of carbonyl (C=O) groups excluding carboxylic acids is 1. The van der Waals surface area contributed by atoms with Gasteiger partial charge in [-0.1, -0.05) is 12.1 Å². The van der Waals surface area contributed by atoms with E-state index in [-0.39, 0.29) is 11.9 Å². The van der Waals surface area contributed by atoms with Crippen molar-refractivity contribution in [2.75, 3.05) is 18.5 Å². The van der Waals surface area contributed by atoms with E-state index in [0.717, 1.165) is 18.7 Å². The molecule has 1 unspecified atom stereocenters. The van der Waals surface area contributed by atoms with E-state index < -0.39 is 0 Å². The Kier molecular flexibility index (Phi) is 2.73. The second-order valence-corrected chi connectivity index (χ2v) is 3.96. The van der Waals surface area contributed by atoms with Gasteiger partial charge < -0.3 is 10.2 Å². The molecular weight excluding hydrogens is 188 g/mol. The third-order valence-corrected chi connectivity index (χ3v) is 2.87. The van der Waals surface area contributed by atoms with Crippen LogP contribution in [-0.2, 0) is 4.79 Å². The van der Waals surface area contributed by atoms with Crippen LogP contribution in [0.25, 0.3) is 0 Å². The fraction of sp³-hybridized carbons (Fsp3) is 0.417. The van der Waals surface area contributed by atoms with Gasteiger partial charge in [0.2, 0.25) is 5.91 Å². The van der Waals surface area contributed by atoms with E-state index in [1.807, 2.05) is 37.1 Å². The number of hydrogen-bond acceptors (Lipinski definition) is 2. The molecule has 1 N–H and O–H groups in total. The van der Waals surface area contributed by atoms with Crippen LogP contribution in [-0.4, -0.2) is 25.5 Å². The van der Waals surface area contributed by atoms with Crippen LogP contribution >= 0.6 is 0 Å². The normalized spacial score (nSPS) is 21.1. The first kappa shape index (κ1) is 10.2. The van der Waals surface area contributed by atoms with Gasteiger partial charge in [-0.2, -0.15) is 0 Å². The van der Waals surface area contributed by atoms with Crippen LogP contribution in [0.3, 0.4) is 0 Å². The molecule has 15 heavy (non-hydrogen) atoms. The largest absolute Gasteiger partial charge is 0.311 e. The van der Waals surface area contributed by atoms with Gasteiger partial charge in [0, 0.05) is 12.2 Å². The maximum Gasteiger partial charge on any atom is 0.244 e. The molecule has 0 spiro atoms. The zero-order valence-electron chi connectivity index (χ0n) is 9.16. The standard InChI is InChI=1S/C12H16N2O/c1-9-4-3-5-10(8-9)14-7-6-11(13-2)12(14)15/h3-5,8,11,13H,6-7H2,1-2H3. The lowest BCUT2D eigenvalue weighted by molar-refractivity contribution is -0.118. The SMILES string of the molecule is CNC1CCN(c2cccc(C)c2)C1=O. The summed E-state index contributed by atoms with van der Waals surface area (Å²) in [7, 11) is 1.84. The average Bonchev–Trinajstić information content (AvgIpc) is 2.59. The number of nitrogens with one attached hydrogen (secondary N) is 1. The number of anilines is 1. The summed E-state index contributed by atoms with van der Waals surface area (Å²) in [5, 5.41) is 3.04. The number of nitrogens with zero attached hydrogens (tertiary/aromatic N) is 1. The van der Waals surface area contributed by atoms with Crippen molar-refractivity contribution in [2.45, 2.75) is 19.4 Å². The Morgan fingerprint density at radius 2 is 2.27 bits per heavy atom. The lowest BCUT2D eigenvalue weighted by Crippen LogP contribution is -2.36. The minimum atomic E-state index is -0.00878. The molecule has 1 amide bonds. The van der Waals surface area contributed by atoms with Crippen molar-refractivity contribution < 1.29 is 4.79 Å². The maximum atomic E-state index is 11.9. The van der Waals surface area contributed by atoms with Gasteiger partial charge in [0.25, 0.3) is 0 Å². The minimum Gasteiger partial charge on any atom is -0.311 e. The first-order valence-electron chi connectivity index (χ1n) is 5.27. The highest BCUT2D eigenvalue weighted by molar-refractivity contribution is 5.99. The van der Waals surface area contributed by atoms with E-state index >= 15 is 0 Å². The van der Waals surface area contributed by atoms with Crippen LogP contribution < -0.4 is 10.2 Å². The highest BCUT2D eigenvalue weighted by Crippen LogP contribution is 2.22. The number of hydrogen-bond donors (Lipinski definition) is 1. The molecule has 0 saturated carbocycles. The summed E-state index contributed by atoms with van der Waals surface area (Å²) >= 11 is 0. The van der Waals surface area contributed by atoms with Crippen molar-refractivity contribution in [2.24, 2.45) is 0 Å². The zero-order chi connectivity index (χ0) is 10.8. The molecule has 1 aromatic rings. The number of benzene rings is 1. The predicted molar refractivity (Wildman–Crippen MR) is 61.0 cm³/mol. The Morgan fingerprint density at radius 3 is 2.87 bits per heavy atom. The monoisotopic (exact) mass is 204 g/mol. The number of rotatable bonds is 2. The predicted octanol–water partition coefficient (Wildman–Crippen LogP) is 1.32. The quantitative estimate of drug-likeness (QED) is 0.788. The fourth-order valence-corrected chi connectivity index (χ4v) is 2.00. The minimum absolute atomic E-state index is 0.00878. The number of carbonyl (C=O) groups is 1. The lowest BCUT2D eigenvalue weighted by Gasteiger charge is -2.17. The van der Waals surface area contributed by atoms with Crippen molar-refractivity contribution in [1.29, 1.82) is 0 Å². The molecule has 3 nitrogen and oxygen atoms in total. The van der Waals surface area contributed by atoms with Gasteiger partial charge in [-0.15, -0.1) is 0 Å². The molecule has 1 aliphatic rings. The summed E-state index contributed by atoms with van der Waals surface area (Å²) in [5.74, 6) is 0.183. The summed E-state index contributed by atoms with van der Waals surface area (Å²) < 4.78 is 0. The number of aryl methyl sites for hydroxylation is 1. The summed E-state index contributed by atoms with van der Waals surface area (Å²) in [5.41, 5.74) is 2.20. The Morgan fingerprint density at radius 1 is 1.47 bits per heavy atom. The second kappa shape index (κ2) is 4.03. The Hall–Kier alpha value is -1.35. The lowest BCUT2D eigenvalue weighted by atomic mass is 10.2. The molecule has 1 atom stereocenters. The van der Waals surface area contributed by atoms with Gasteiger partial charge in [-0.05, 0) is 38.1 Å². The van der Waals surface area contributed by atoms with Crippen LogP contribution in [0.2, 0.25) is 0 Å². The van der Waals surface area contributed by atoms with Gasteiger partial charge in [0.05, 0.1) is 6.04 Å². The van der Waals surface area contributed by atoms with Gasteiger partial charge in [0.1, 0.15) is 0 Å². The average molecular weight is 204 g/mol. The number of amides is 1. The summed E-state index contributed by atoms with van der Waals surface area (Å²) in [6, 6.07) is 8.06. The summed E-state index contributed by atoms with van der Waals surface area (Å²) in [6.45, 7) is 2.85. The van der Waals surface area contributed by atoms with E-state index in [0.29, 0.717) is 0 Å². The van der Waals surface area contributed by atoms with E-state index in [4.69, 9.17) is 0 Å². The summed E-state index contributed by atoms with van der Waals surface area (Å²) in [4.78, 5) is 13.8. The smallest absolute Gasteiger partial charge is 0.244 e. The Bertz CT molecular complexity index is 376. The Balaban J connectivity index is 2.22. The molecule has 1 heterocycles. The zero-order valence-corrected chi connectivity index (χ0v) is 9.16.